The van der Waals surface area contributed by atoms with Crippen molar-refractivity contribution in [1.82, 2.24) is 5.32 Å². The van der Waals surface area contributed by atoms with Gasteiger partial charge in [0, 0.05) is 10.6 Å². The van der Waals surface area contributed by atoms with Crippen LogP contribution in [-0.4, -0.2) is 27.9 Å². The Bertz CT molecular complexity index is 1110. The van der Waals surface area contributed by atoms with E-state index in [0.29, 0.717) is 16.9 Å². The Morgan fingerprint density at radius 1 is 1.03 bits per heavy atom. The van der Waals surface area contributed by atoms with Crippen molar-refractivity contribution in [2.24, 2.45) is 0 Å². The summed E-state index contributed by atoms with van der Waals surface area (Å²) in [5.74, 6) is -1.25. The second-order valence-corrected chi connectivity index (χ2v) is 9.03. The molecule has 2 atom stereocenters. The minimum atomic E-state index is -1.29. The number of halogens is 4. The molecule has 1 aliphatic carbocycles. The van der Waals surface area contributed by atoms with Crippen LogP contribution in [0.15, 0.2) is 66.4 Å². The highest BCUT2D eigenvalue weighted by molar-refractivity contribution is 9.09. The first kappa shape index (κ1) is 24.4. The predicted octanol–water partition coefficient (Wildman–Crippen LogP) is 6.07. The summed E-state index contributed by atoms with van der Waals surface area (Å²) in [6.07, 6.45) is 8.72. The summed E-state index contributed by atoms with van der Waals surface area (Å²) in [6, 6.07) is 9.88. The highest BCUT2D eigenvalue weighted by atomic mass is 79.9. The fourth-order valence-corrected chi connectivity index (χ4v) is 4.01. The minimum absolute atomic E-state index is 0.0578. The number of aliphatic carboxylic acids is 1. The van der Waals surface area contributed by atoms with Crippen LogP contribution in [0.4, 0.5) is 0 Å². The number of hydrogen-bond donors (Lipinski definition) is 2. The summed E-state index contributed by atoms with van der Waals surface area (Å²) >= 11 is 21.7. The maximum atomic E-state index is 12.4. The molecule has 1 amide bonds. The van der Waals surface area contributed by atoms with E-state index in [4.69, 9.17) is 39.5 Å². The molecule has 9 heteroatoms. The Kier molecular flexibility index (Phi) is 8.43. The first-order valence-electron chi connectivity index (χ1n) is 9.37. The van der Waals surface area contributed by atoms with Crippen LogP contribution in [0.25, 0.3) is 6.08 Å². The molecule has 0 aliphatic heterocycles. The van der Waals surface area contributed by atoms with Crippen molar-refractivity contribution in [3.8, 4) is 5.75 Å². The molecule has 2 unspecified atom stereocenters. The molecule has 2 N–H and O–H groups in total. The van der Waals surface area contributed by atoms with Crippen LogP contribution in [-0.2, 0) is 16.0 Å². The third kappa shape index (κ3) is 6.39. The molecule has 0 aromatic heterocycles. The third-order valence-corrected chi connectivity index (χ3v) is 6.49. The molecule has 0 saturated heterocycles. The van der Waals surface area contributed by atoms with Crippen LogP contribution in [0.5, 0.6) is 5.75 Å². The molecule has 0 saturated carbocycles. The Morgan fingerprint density at radius 2 is 1.69 bits per heavy atom. The first-order chi connectivity index (χ1) is 15.2. The maximum Gasteiger partial charge on any atom is 0.352 e. The number of carbonyl (C=O) groups is 2. The van der Waals surface area contributed by atoms with E-state index in [1.807, 2.05) is 24.3 Å². The van der Waals surface area contributed by atoms with Crippen LogP contribution >= 0.6 is 50.7 Å². The van der Waals surface area contributed by atoms with Crippen LogP contribution < -0.4 is 10.1 Å². The topological polar surface area (TPSA) is 75.6 Å². The lowest BCUT2D eigenvalue weighted by atomic mass is 10.1. The molecule has 166 valence electrons. The molecule has 0 fully saturated rings. The van der Waals surface area contributed by atoms with Gasteiger partial charge in [0.15, 0.2) is 0 Å². The van der Waals surface area contributed by atoms with Crippen molar-refractivity contribution in [2.45, 2.75) is 17.4 Å². The molecule has 2 aromatic rings. The van der Waals surface area contributed by atoms with Crippen molar-refractivity contribution in [2.75, 3.05) is 0 Å². The smallest absolute Gasteiger partial charge is 0.352 e. The average Bonchev–Trinajstić information content (AvgIpc) is 2.76. The average molecular weight is 558 g/mol. The fourth-order valence-electron chi connectivity index (χ4n) is 2.87. The Morgan fingerprint density at radius 3 is 2.34 bits per heavy atom. The van der Waals surface area contributed by atoms with Gasteiger partial charge >= 0.3 is 5.97 Å². The molecule has 2 aromatic carbocycles. The number of alkyl halides is 1. The Hall–Kier alpha value is -2.25. The molecule has 5 nitrogen and oxygen atoms in total. The molecule has 0 spiro atoms. The van der Waals surface area contributed by atoms with Crippen LogP contribution in [0.3, 0.4) is 0 Å². The van der Waals surface area contributed by atoms with Gasteiger partial charge in [-0.1, -0.05) is 81.1 Å². The number of ether oxygens (including phenoxy) is 1. The molecule has 0 radical (unpaired) electrons. The molecular formula is C23H17BrCl3NO4. The number of amides is 1. The van der Waals surface area contributed by atoms with Crippen molar-refractivity contribution < 1.29 is 19.4 Å². The van der Waals surface area contributed by atoms with Crippen molar-refractivity contribution in [1.29, 1.82) is 0 Å². The standard InChI is InChI=1S/C23H17BrCl3NO4/c24-16-3-1-2-4-20(16)32-14-7-5-13(6-8-14)11-19(23(30)31)28-21(29)12-15-17(25)9-10-18(26)22(15)27/h1-11,16,20H,12H2,(H,28,29)(H,30,31)/b19-11-. The van der Waals surface area contributed by atoms with E-state index < -0.39 is 11.9 Å². The molecule has 32 heavy (non-hydrogen) atoms. The van der Waals surface area contributed by atoms with Gasteiger partial charge in [0.2, 0.25) is 5.91 Å². The second kappa shape index (κ2) is 11.1. The van der Waals surface area contributed by atoms with Gasteiger partial charge in [-0.2, -0.15) is 0 Å². The summed E-state index contributed by atoms with van der Waals surface area (Å²) in [5, 5.41) is 12.6. The van der Waals surface area contributed by atoms with Gasteiger partial charge in [-0.05, 0) is 42.0 Å². The van der Waals surface area contributed by atoms with Gasteiger partial charge in [-0.15, -0.1) is 0 Å². The van der Waals surface area contributed by atoms with E-state index in [1.165, 1.54) is 18.2 Å². The van der Waals surface area contributed by atoms with Gasteiger partial charge in [0.25, 0.3) is 0 Å². The lowest BCUT2D eigenvalue weighted by Crippen LogP contribution is -2.28. The number of carboxylic acid groups (broad SMARTS) is 1. The summed E-state index contributed by atoms with van der Waals surface area (Å²) in [6.45, 7) is 0. The lowest BCUT2D eigenvalue weighted by Gasteiger charge is -2.20. The number of carbonyl (C=O) groups excluding carboxylic acids is 1. The van der Waals surface area contributed by atoms with Gasteiger partial charge in [-0.25, -0.2) is 4.79 Å². The number of benzene rings is 2. The number of allylic oxidation sites excluding steroid dienone is 2. The first-order valence-corrected chi connectivity index (χ1v) is 11.4. The van der Waals surface area contributed by atoms with E-state index in [-0.39, 0.29) is 38.1 Å². The Balaban J connectivity index is 1.70. The van der Waals surface area contributed by atoms with E-state index in [0.717, 1.165) is 0 Å². The molecular weight excluding hydrogens is 541 g/mol. The van der Waals surface area contributed by atoms with E-state index in [9.17, 15) is 14.7 Å². The molecule has 0 heterocycles. The van der Waals surface area contributed by atoms with Crippen molar-refractivity contribution in [3.63, 3.8) is 0 Å². The SMILES string of the molecule is O=C(Cc1c(Cl)ccc(Cl)c1Cl)N/C(=C\c1ccc(OC2C=CC=CC2Br)cc1)C(=O)O. The van der Waals surface area contributed by atoms with Crippen molar-refractivity contribution in [3.05, 3.63) is 92.6 Å². The van der Waals surface area contributed by atoms with E-state index >= 15 is 0 Å². The maximum absolute atomic E-state index is 12.4. The molecule has 1 aliphatic rings. The zero-order chi connectivity index (χ0) is 23.3. The second-order valence-electron chi connectivity index (χ2n) is 6.78. The highest BCUT2D eigenvalue weighted by Gasteiger charge is 2.18. The number of carboxylic acids is 1. The zero-order valence-electron chi connectivity index (χ0n) is 16.4. The van der Waals surface area contributed by atoms with Crippen molar-refractivity contribution >= 4 is 68.7 Å². The Labute approximate surface area is 208 Å². The van der Waals surface area contributed by atoms with Gasteiger partial charge < -0.3 is 15.2 Å². The van der Waals surface area contributed by atoms with E-state index in [2.05, 4.69) is 21.2 Å². The lowest BCUT2D eigenvalue weighted by molar-refractivity contribution is -0.134. The largest absolute Gasteiger partial charge is 0.485 e. The van der Waals surface area contributed by atoms with Gasteiger partial charge in [-0.3, -0.25) is 4.79 Å². The molecule has 0 bridgehead atoms. The summed E-state index contributed by atoms with van der Waals surface area (Å²) < 4.78 is 5.91. The number of hydrogen-bond acceptors (Lipinski definition) is 3. The van der Waals surface area contributed by atoms with Crippen LogP contribution in [0.1, 0.15) is 11.1 Å². The normalized spacial score (nSPS) is 17.8. The van der Waals surface area contributed by atoms with Gasteiger partial charge in [0.05, 0.1) is 21.3 Å². The zero-order valence-corrected chi connectivity index (χ0v) is 20.3. The predicted molar refractivity (Wildman–Crippen MR) is 131 cm³/mol. The third-order valence-electron chi connectivity index (χ3n) is 4.46. The van der Waals surface area contributed by atoms with Crippen LogP contribution in [0.2, 0.25) is 15.1 Å². The summed E-state index contributed by atoms with van der Waals surface area (Å²) in [4.78, 5) is 24.1. The fraction of sp³-hybridized carbons (Fsp3) is 0.130. The van der Waals surface area contributed by atoms with Crippen LogP contribution in [0, 0.1) is 0 Å². The number of rotatable bonds is 7. The molecule has 3 rings (SSSR count). The van der Waals surface area contributed by atoms with Gasteiger partial charge in [0.1, 0.15) is 17.6 Å². The summed E-state index contributed by atoms with van der Waals surface area (Å²) in [5.41, 5.74) is 0.600. The monoisotopic (exact) mass is 555 g/mol. The quantitative estimate of drug-likeness (QED) is 0.246. The highest BCUT2D eigenvalue weighted by Crippen LogP contribution is 2.31. The summed E-state index contributed by atoms with van der Waals surface area (Å²) in [7, 11) is 0. The minimum Gasteiger partial charge on any atom is -0.485 e. The van der Waals surface area contributed by atoms with E-state index in [1.54, 1.807) is 24.3 Å². The number of nitrogens with one attached hydrogen (secondary N) is 1.